The molecular formula is C16H24N4O11. The van der Waals surface area contributed by atoms with Gasteiger partial charge in [0.25, 0.3) is 0 Å². The van der Waals surface area contributed by atoms with Gasteiger partial charge >= 0.3 is 41.8 Å². The SMILES string of the molecule is NCC(=O)OC(=O)[C@@H](N)CCC(=O)OC(=O)C[C@H](N)C(=O)OC(=O)CC[C@H](N)C(=O)O. The zero-order chi connectivity index (χ0) is 24.1. The quantitative estimate of drug-likeness (QED) is 0.109. The van der Waals surface area contributed by atoms with Crippen molar-refractivity contribution < 1.29 is 52.9 Å². The van der Waals surface area contributed by atoms with Gasteiger partial charge in [-0.25, -0.2) is 9.59 Å². The third kappa shape index (κ3) is 12.1. The number of carboxylic acid groups (broad SMARTS) is 1. The number of esters is 6. The molecular weight excluding hydrogens is 424 g/mol. The largest absolute Gasteiger partial charge is 0.480 e. The molecule has 0 aliphatic heterocycles. The number of rotatable bonds is 12. The van der Waals surface area contributed by atoms with Gasteiger partial charge < -0.3 is 42.3 Å². The Hall–Kier alpha value is -3.27. The highest BCUT2D eigenvalue weighted by molar-refractivity contribution is 5.93. The van der Waals surface area contributed by atoms with E-state index in [-0.39, 0.29) is 12.8 Å². The summed E-state index contributed by atoms with van der Waals surface area (Å²) in [7, 11) is 0. The summed E-state index contributed by atoms with van der Waals surface area (Å²) in [5.41, 5.74) is 20.9. The summed E-state index contributed by atoms with van der Waals surface area (Å²) < 4.78 is 13.0. The van der Waals surface area contributed by atoms with E-state index in [1.807, 2.05) is 0 Å². The molecule has 0 amide bonds. The number of carboxylic acids is 1. The summed E-state index contributed by atoms with van der Waals surface area (Å²) in [5.74, 6) is -8.19. The maximum absolute atomic E-state index is 11.6. The van der Waals surface area contributed by atoms with Gasteiger partial charge in [-0.3, -0.25) is 24.0 Å². The van der Waals surface area contributed by atoms with Crippen LogP contribution >= 0.6 is 0 Å². The Balaban J connectivity index is 4.31. The minimum absolute atomic E-state index is 0.288. The summed E-state index contributed by atoms with van der Waals surface area (Å²) >= 11 is 0. The predicted octanol–water partition coefficient (Wildman–Crippen LogP) is -3.83. The standard InChI is InChI=1S/C16H24N4O11/c17-6-13(24)31-15(27)8(19)2-4-10(21)29-12(23)5-9(20)16(28)30-11(22)3-1-7(18)14(25)26/h7-9H,1-6,17-20H2,(H,25,26)/t7-,8-,9-/m0/s1. The molecule has 15 heteroatoms. The molecule has 0 radical (unpaired) electrons. The van der Waals surface area contributed by atoms with E-state index < -0.39 is 85.7 Å². The van der Waals surface area contributed by atoms with Gasteiger partial charge in [0.05, 0.1) is 13.0 Å². The highest BCUT2D eigenvalue weighted by atomic mass is 16.6. The van der Waals surface area contributed by atoms with Crippen molar-refractivity contribution >= 4 is 41.8 Å². The van der Waals surface area contributed by atoms with Crippen LogP contribution in [-0.2, 0) is 47.8 Å². The minimum atomic E-state index is -1.64. The number of carbonyl (C=O) groups is 7. The normalized spacial score (nSPS) is 13.3. The van der Waals surface area contributed by atoms with Gasteiger partial charge in [-0.15, -0.1) is 0 Å². The zero-order valence-electron chi connectivity index (χ0n) is 16.3. The number of hydrogen-bond acceptors (Lipinski definition) is 14. The smallest absolute Gasteiger partial charge is 0.331 e. The molecule has 0 heterocycles. The van der Waals surface area contributed by atoms with E-state index in [0.717, 1.165) is 0 Å². The van der Waals surface area contributed by atoms with Crippen molar-refractivity contribution in [3.05, 3.63) is 0 Å². The average molecular weight is 448 g/mol. The van der Waals surface area contributed by atoms with E-state index in [4.69, 9.17) is 28.0 Å². The zero-order valence-corrected chi connectivity index (χ0v) is 16.3. The number of carbonyl (C=O) groups excluding carboxylic acids is 6. The first-order valence-corrected chi connectivity index (χ1v) is 8.79. The molecule has 0 unspecified atom stereocenters. The maximum Gasteiger partial charge on any atom is 0.331 e. The lowest BCUT2D eigenvalue weighted by molar-refractivity contribution is -0.166. The minimum Gasteiger partial charge on any atom is -0.480 e. The Bertz CT molecular complexity index is 724. The lowest BCUT2D eigenvalue weighted by Crippen LogP contribution is -2.37. The van der Waals surface area contributed by atoms with Crippen LogP contribution in [0.15, 0.2) is 0 Å². The molecule has 3 atom stereocenters. The van der Waals surface area contributed by atoms with Crippen LogP contribution in [0.3, 0.4) is 0 Å². The second-order valence-corrected chi connectivity index (χ2v) is 6.08. The van der Waals surface area contributed by atoms with Crippen molar-refractivity contribution in [3.63, 3.8) is 0 Å². The number of ether oxygens (including phenoxy) is 3. The van der Waals surface area contributed by atoms with Crippen LogP contribution in [-0.4, -0.2) is 71.6 Å². The summed E-state index contributed by atoms with van der Waals surface area (Å²) in [6, 6.07) is -4.32. The third-order valence-corrected chi connectivity index (χ3v) is 3.45. The summed E-state index contributed by atoms with van der Waals surface area (Å²) in [4.78, 5) is 79.1. The van der Waals surface area contributed by atoms with Crippen molar-refractivity contribution in [3.8, 4) is 0 Å². The van der Waals surface area contributed by atoms with Crippen LogP contribution in [0.5, 0.6) is 0 Å². The highest BCUT2D eigenvalue weighted by Gasteiger charge is 2.25. The van der Waals surface area contributed by atoms with E-state index in [2.05, 4.69) is 14.2 Å². The van der Waals surface area contributed by atoms with Crippen molar-refractivity contribution in [2.45, 2.75) is 50.2 Å². The summed E-state index contributed by atoms with van der Waals surface area (Å²) in [6.07, 6.45) is -2.39. The fraction of sp³-hybridized carbons (Fsp3) is 0.562. The van der Waals surface area contributed by atoms with Gasteiger partial charge in [-0.2, -0.15) is 0 Å². The Morgan fingerprint density at radius 3 is 1.61 bits per heavy atom. The van der Waals surface area contributed by atoms with Crippen LogP contribution in [0, 0.1) is 0 Å². The Morgan fingerprint density at radius 1 is 0.645 bits per heavy atom. The van der Waals surface area contributed by atoms with E-state index in [1.165, 1.54) is 0 Å². The highest BCUT2D eigenvalue weighted by Crippen LogP contribution is 2.04. The van der Waals surface area contributed by atoms with Gasteiger partial charge in [0.2, 0.25) is 0 Å². The number of aliphatic carboxylic acids is 1. The molecule has 0 aromatic rings. The van der Waals surface area contributed by atoms with Crippen LogP contribution in [0.4, 0.5) is 0 Å². The van der Waals surface area contributed by atoms with E-state index >= 15 is 0 Å². The Morgan fingerprint density at radius 2 is 1.10 bits per heavy atom. The molecule has 0 saturated carbocycles. The van der Waals surface area contributed by atoms with E-state index in [9.17, 15) is 33.6 Å². The predicted molar refractivity (Wildman–Crippen MR) is 97.0 cm³/mol. The van der Waals surface area contributed by atoms with Crippen LogP contribution in [0.2, 0.25) is 0 Å². The Kier molecular flexibility index (Phi) is 12.4. The fourth-order valence-electron chi connectivity index (χ4n) is 1.74. The van der Waals surface area contributed by atoms with Gasteiger partial charge in [0, 0.05) is 12.8 Å². The first kappa shape index (κ1) is 27.7. The second-order valence-electron chi connectivity index (χ2n) is 6.08. The van der Waals surface area contributed by atoms with Gasteiger partial charge in [-0.1, -0.05) is 0 Å². The van der Waals surface area contributed by atoms with Gasteiger partial charge in [0.15, 0.2) is 0 Å². The number of hydrogen-bond donors (Lipinski definition) is 5. The summed E-state index contributed by atoms with van der Waals surface area (Å²) in [6.45, 7) is -0.542. The lowest BCUT2D eigenvalue weighted by Gasteiger charge is -2.11. The number of nitrogens with two attached hydrogens (primary N) is 4. The van der Waals surface area contributed by atoms with E-state index in [1.54, 1.807) is 0 Å². The van der Waals surface area contributed by atoms with Crippen molar-refractivity contribution in [1.82, 2.24) is 0 Å². The van der Waals surface area contributed by atoms with Gasteiger partial charge in [0.1, 0.15) is 18.1 Å². The van der Waals surface area contributed by atoms with E-state index in [0.29, 0.717) is 0 Å². The maximum atomic E-state index is 11.6. The average Bonchev–Trinajstić information content (AvgIpc) is 2.69. The molecule has 0 aliphatic carbocycles. The first-order chi connectivity index (χ1) is 14.4. The molecule has 0 fully saturated rings. The third-order valence-electron chi connectivity index (χ3n) is 3.45. The van der Waals surface area contributed by atoms with Crippen LogP contribution < -0.4 is 22.9 Å². The molecule has 174 valence electrons. The molecule has 0 aromatic heterocycles. The summed E-state index contributed by atoms with van der Waals surface area (Å²) in [5, 5.41) is 8.59. The molecule has 0 bridgehead atoms. The lowest BCUT2D eigenvalue weighted by atomic mass is 10.1. The molecule has 9 N–H and O–H groups in total. The van der Waals surface area contributed by atoms with Gasteiger partial charge in [-0.05, 0) is 12.8 Å². The molecule has 0 aromatic carbocycles. The van der Waals surface area contributed by atoms with Crippen LogP contribution in [0.1, 0.15) is 32.1 Å². The van der Waals surface area contributed by atoms with Crippen molar-refractivity contribution in [1.29, 1.82) is 0 Å². The van der Waals surface area contributed by atoms with Crippen LogP contribution in [0.25, 0.3) is 0 Å². The fourth-order valence-corrected chi connectivity index (χ4v) is 1.74. The van der Waals surface area contributed by atoms with Crippen molar-refractivity contribution in [2.24, 2.45) is 22.9 Å². The first-order valence-electron chi connectivity index (χ1n) is 8.79. The molecule has 0 rings (SSSR count). The molecule has 0 spiro atoms. The molecule has 0 saturated heterocycles. The topological polar surface area (TPSA) is 271 Å². The molecule has 31 heavy (non-hydrogen) atoms. The molecule has 15 nitrogen and oxygen atoms in total. The second kappa shape index (κ2) is 13.9. The Labute approximate surface area is 175 Å². The monoisotopic (exact) mass is 448 g/mol. The van der Waals surface area contributed by atoms with Crippen molar-refractivity contribution in [2.75, 3.05) is 6.54 Å². The molecule has 0 aliphatic rings.